The second-order valence-corrected chi connectivity index (χ2v) is 5.98. The number of amides is 1. The van der Waals surface area contributed by atoms with Crippen molar-refractivity contribution in [1.29, 1.82) is 0 Å². The minimum absolute atomic E-state index is 0.218. The second kappa shape index (κ2) is 7.69. The molecule has 22 heavy (non-hydrogen) atoms. The standard InChI is InChI=1S/C15H27N3O4/c1-4-22-14(21)15(17)8-6-5-7-11(15)12(19)10(3)18-13(20)9(2)16/h9-11H,4-8,16-17H2,1-3H3,(H,18,20)/t9-,10-,11?,15?/m0/s1. The van der Waals surface area contributed by atoms with Crippen molar-refractivity contribution in [2.75, 3.05) is 6.61 Å². The first-order chi connectivity index (χ1) is 10.2. The minimum atomic E-state index is -1.31. The van der Waals surface area contributed by atoms with Crippen LogP contribution in [0, 0.1) is 5.92 Å². The number of hydrogen-bond donors (Lipinski definition) is 3. The Labute approximate surface area is 131 Å². The molecule has 0 spiro atoms. The Balaban J connectivity index is 2.87. The van der Waals surface area contributed by atoms with Gasteiger partial charge in [-0.3, -0.25) is 14.4 Å². The number of ether oxygens (including phenoxy) is 1. The molecule has 2 unspecified atom stereocenters. The summed E-state index contributed by atoms with van der Waals surface area (Å²) in [7, 11) is 0. The molecule has 1 aliphatic carbocycles. The molecule has 1 saturated carbocycles. The van der Waals surface area contributed by atoms with E-state index in [0.717, 1.165) is 12.8 Å². The predicted molar refractivity (Wildman–Crippen MR) is 81.8 cm³/mol. The zero-order chi connectivity index (χ0) is 16.9. The van der Waals surface area contributed by atoms with E-state index in [1.165, 1.54) is 0 Å². The van der Waals surface area contributed by atoms with E-state index in [4.69, 9.17) is 16.2 Å². The third kappa shape index (κ3) is 4.04. The fraction of sp³-hybridized carbons (Fsp3) is 0.800. The first-order valence-electron chi connectivity index (χ1n) is 7.79. The van der Waals surface area contributed by atoms with Gasteiger partial charge in [-0.15, -0.1) is 0 Å². The molecule has 1 aliphatic rings. The lowest BCUT2D eigenvalue weighted by Gasteiger charge is -2.39. The molecule has 1 rings (SSSR count). The van der Waals surface area contributed by atoms with E-state index in [-0.39, 0.29) is 12.4 Å². The van der Waals surface area contributed by atoms with Crippen molar-refractivity contribution in [3.8, 4) is 0 Å². The summed E-state index contributed by atoms with van der Waals surface area (Å²) in [5.41, 5.74) is 10.4. The second-order valence-electron chi connectivity index (χ2n) is 5.98. The highest BCUT2D eigenvalue weighted by Gasteiger charge is 2.49. The van der Waals surface area contributed by atoms with E-state index in [0.29, 0.717) is 12.8 Å². The van der Waals surface area contributed by atoms with Crippen LogP contribution in [0.1, 0.15) is 46.5 Å². The van der Waals surface area contributed by atoms with Crippen LogP contribution < -0.4 is 16.8 Å². The van der Waals surface area contributed by atoms with Crippen molar-refractivity contribution < 1.29 is 19.1 Å². The number of esters is 1. The number of nitrogens with one attached hydrogen (secondary N) is 1. The van der Waals surface area contributed by atoms with Gasteiger partial charge in [0.05, 0.1) is 18.7 Å². The molecule has 0 radical (unpaired) electrons. The van der Waals surface area contributed by atoms with Gasteiger partial charge in [0.15, 0.2) is 5.78 Å². The third-order valence-electron chi connectivity index (χ3n) is 4.15. The molecule has 0 aromatic heterocycles. The van der Waals surface area contributed by atoms with Gasteiger partial charge in [0, 0.05) is 5.92 Å². The van der Waals surface area contributed by atoms with Crippen LogP contribution in [0.3, 0.4) is 0 Å². The van der Waals surface area contributed by atoms with E-state index in [2.05, 4.69) is 5.32 Å². The fourth-order valence-electron chi connectivity index (χ4n) is 2.82. The van der Waals surface area contributed by atoms with E-state index in [1.54, 1.807) is 20.8 Å². The molecular formula is C15H27N3O4. The van der Waals surface area contributed by atoms with Crippen LogP contribution in [0.5, 0.6) is 0 Å². The number of rotatable bonds is 6. The van der Waals surface area contributed by atoms with Crippen LogP contribution in [0.15, 0.2) is 0 Å². The first-order valence-corrected chi connectivity index (χ1v) is 7.79. The molecule has 0 heterocycles. The Morgan fingerprint density at radius 1 is 1.32 bits per heavy atom. The number of ketones is 1. The zero-order valence-electron chi connectivity index (χ0n) is 13.6. The summed E-state index contributed by atoms with van der Waals surface area (Å²) in [5.74, 6) is -1.85. The molecular weight excluding hydrogens is 286 g/mol. The van der Waals surface area contributed by atoms with Gasteiger partial charge < -0.3 is 21.5 Å². The monoisotopic (exact) mass is 313 g/mol. The van der Waals surface area contributed by atoms with Gasteiger partial charge >= 0.3 is 5.97 Å². The quantitative estimate of drug-likeness (QED) is 0.586. The van der Waals surface area contributed by atoms with E-state index in [1.807, 2.05) is 0 Å². The number of hydrogen-bond acceptors (Lipinski definition) is 6. The molecule has 7 heteroatoms. The third-order valence-corrected chi connectivity index (χ3v) is 4.15. The van der Waals surface area contributed by atoms with Crippen molar-refractivity contribution in [3.63, 3.8) is 0 Å². The maximum Gasteiger partial charge on any atom is 0.326 e. The lowest BCUT2D eigenvalue weighted by molar-refractivity contribution is -0.156. The average Bonchev–Trinajstić information content (AvgIpc) is 2.47. The zero-order valence-corrected chi connectivity index (χ0v) is 13.6. The highest BCUT2D eigenvalue weighted by Crippen LogP contribution is 2.34. The van der Waals surface area contributed by atoms with Crippen LogP contribution in [0.4, 0.5) is 0 Å². The Kier molecular flexibility index (Phi) is 6.49. The van der Waals surface area contributed by atoms with Gasteiger partial charge in [0.25, 0.3) is 0 Å². The van der Waals surface area contributed by atoms with E-state index >= 15 is 0 Å². The van der Waals surface area contributed by atoms with Crippen LogP contribution >= 0.6 is 0 Å². The van der Waals surface area contributed by atoms with E-state index in [9.17, 15) is 14.4 Å². The molecule has 1 fully saturated rings. The number of carbonyl (C=O) groups is 3. The maximum atomic E-state index is 12.6. The van der Waals surface area contributed by atoms with Crippen molar-refractivity contribution in [1.82, 2.24) is 5.32 Å². The smallest absolute Gasteiger partial charge is 0.326 e. The predicted octanol–water partition coefficient (Wildman–Crippen LogP) is -0.142. The summed E-state index contributed by atoms with van der Waals surface area (Å²) >= 11 is 0. The molecule has 7 nitrogen and oxygen atoms in total. The summed E-state index contributed by atoms with van der Waals surface area (Å²) in [5, 5.41) is 2.56. The number of carbonyl (C=O) groups excluding carboxylic acids is 3. The van der Waals surface area contributed by atoms with Crippen LogP contribution in [0.25, 0.3) is 0 Å². The molecule has 126 valence electrons. The molecule has 4 atom stereocenters. The molecule has 0 aromatic carbocycles. The Morgan fingerprint density at radius 2 is 1.95 bits per heavy atom. The van der Waals surface area contributed by atoms with Crippen LogP contribution in [0.2, 0.25) is 0 Å². The van der Waals surface area contributed by atoms with Gasteiger partial charge in [-0.25, -0.2) is 0 Å². The Bertz CT molecular complexity index is 439. The lowest BCUT2D eigenvalue weighted by Crippen LogP contribution is -2.61. The fourth-order valence-corrected chi connectivity index (χ4v) is 2.82. The van der Waals surface area contributed by atoms with Crippen molar-refractivity contribution in [3.05, 3.63) is 0 Å². The Morgan fingerprint density at radius 3 is 2.50 bits per heavy atom. The molecule has 1 amide bonds. The summed E-state index contributed by atoms with van der Waals surface area (Å²) in [6, 6.07) is -1.44. The summed E-state index contributed by atoms with van der Waals surface area (Å²) in [4.78, 5) is 36.4. The normalized spacial score (nSPS) is 27.6. The molecule has 0 aliphatic heterocycles. The average molecular weight is 313 g/mol. The van der Waals surface area contributed by atoms with E-state index < -0.39 is 35.4 Å². The summed E-state index contributed by atoms with van der Waals surface area (Å²) in [6.07, 6.45) is 2.53. The van der Waals surface area contributed by atoms with Crippen LogP contribution in [-0.4, -0.2) is 41.9 Å². The SMILES string of the molecule is CCOC(=O)C1(N)CCCCC1C(=O)[C@H](C)NC(=O)[C@H](C)N. The van der Waals surface area contributed by atoms with Gasteiger partial charge in [0.2, 0.25) is 5.91 Å². The van der Waals surface area contributed by atoms with Gasteiger partial charge in [0.1, 0.15) is 5.54 Å². The summed E-state index contributed by atoms with van der Waals surface area (Å²) < 4.78 is 5.04. The van der Waals surface area contributed by atoms with Crippen molar-refractivity contribution >= 4 is 17.7 Å². The highest BCUT2D eigenvalue weighted by atomic mass is 16.5. The molecule has 0 aromatic rings. The van der Waals surface area contributed by atoms with Gasteiger partial charge in [-0.1, -0.05) is 12.8 Å². The topological polar surface area (TPSA) is 125 Å². The largest absolute Gasteiger partial charge is 0.465 e. The maximum absolute atomic E-state index is 12.6. The first kappa shape index (κ1) is 18.6. The lowest BCUT2D eigenvalue weighted by atomic mass is 9.70. The minimum Gasteiger partial charge on any atom is -0.465 e. The summed E-state index contributed by atoms with van der Waals surface area (Å²) in [6.45, 7) is 5.05. The van der Waals surface area contributed by atoms with Gasteiger partial charge in [-0.05, 0) is 33.6 Å². The molecule has 5 N–H and O–H groups in total. The molecule has 0 saturated heterocycles. The van der Waals surface area contributed by atoms with Gasteiger partial charge in [-0.2, -0.15) is 0 Å². The molecule has 0 bridgehead atoms. The number of Topliss-reactive ketones (excluding diaryl/α,β-unsaturated/α-hetero) is 1. The van der Waals surface area contributed by atoms with Crippen molar-refractivity contribution in [2.45, 2.75) is 64.1 Å². The number of nitrogens with two attached hydrogens (primary N) is 2. The van der Waals surface area contributed by atoms with Crippen molar-refractivity contribution in [2.24, 2.45) is 17.4 Å². The Hall–Kier alpha value is -1.47. The van der Waals surface area contributed by atoms with Crippen LogP contribution in [-0.2, 0) is 19.1 Å². The highest BCUT2D eigenvalue weighted by molar-refractivity contribution is 5.96.